The Kier molecular flexibility index (Phi) is 3.80. The molecule has 0 bridgehead atoms. The summed E-state index contributed by atoms with van der Waals surface area (Å²) in [5.74, 6) is -3.26. The summed E-state index contributed by atoms with van der Waals surface area (Å²) in [5, 5.41) is -2.83. The third-order valence-corrected chi connectivity index (χ3v) is 3.53. The Bertz CT molecular complexity index is 569. The monoisotopic (exact) mass is 286 g/mol. The summed E-state index contributed by atoms with van der Waals surface area (Å²) >= 11 is 0. The smallest absolute Gasteiger partial charge is 0.216 e. The van der Waals surface area contributed by atoms with Crippen LogP contribution in [0.1, 0.15) is 5.56 Å². The normalized spacial score (nSPS) is 14.3. The standard InChI is InChI=1S/C10H7F5O2S/c1-6-2-4-7(5-3-6)18(16,17)9(12)8(11)10(13,14)15/h2-5H,1H3/b9-8-. The lowest BCUT2D eigenvalue weighted by Gasteiger charge is -2.06. The van der Waals surface area contributed by atoms with Crippen LogP contribution in [0.4, 0.5) is 22.0 Å². The molecule has 0 N–H and O–H groups in total. The van der Waals surface area contributed by atoms with E-state index in [4.69, 9.17) is 0 Å². The highest BCUT2D eigenvalue weighted by Gasteiger charge is 2.42. The van der Waals surface area contributed by atoms with E-state index in [1.165, 1.54) is 12.1 Å². The van der Waals surface area contributed by atoms with E-state index in [-0.39, 0.29) is 0 Å². The molecule has 18 heavy (non-hydrogen) atoms. The van der Waals surface area contributed by atoms with E-state index < -0.39 is 31.9 Å². The average molecular weight is 286 g/mol. The maximum atomic E-state index is 13.1. The zero-order chi connectivity index (χ0) is 14.1. The molecule has 2 nitrogen and oxygen atoms in total. The van der Waals surface area contributed by atoms with Gasteiger partial charge in [0, 0.05) is 0 Å². The molecule has 1 aromatic rings. The van der Waals surface area contributed by atoms with E-state index >= 15 is 0 Å². The Hall–Kier alpha value is -1.44. The van der Waals surface area contributed by atoms with Gasteiger partial charge in [0.1, 0.15) is 0 Å². The van der Waals surface area contributed by atoms with Gasteiger partial charge >= 0.3 is 6.18 Å². The number of hydrogen-bond acceptors (Lipinski definition) is 2. The average Bonchev–Trinajstić information content (AvgIpc) is 2.26. The molecule has 0 radical (unpaired) electrons. The van der Waals surface area contributed by atoms with Gasteiger partial charge in [0.2, 0.25) is 9.84 Å². The number of sulfone groups is 1. The third kappa shape index (κ3) is 2.87. The molecule has 100 valence electrons. The van der Waals surface area contributed by atoms with Gasteiger partial charge in [0.15, 0.2) is 0 Å². The second-order valence-corrected chi connectivity index (χ2v) is 5.24. The SMILES string of the molecule is Cc1ccc(S(=O)(=O)/C(F)=C(\F)C(F)(F)F)cc1. The van der Waals surface area contributed by atoms with Crippen molar-refractivity contribution >= 4 is 9.84 Å². The molecule has 0 saturated carbocycles. The summed E-state index contributed by atoms with van der Waals surface area (Å²) in [7, 11) is -5.12. The van der Waals surface area contributed by atoms with E-state index in [1.54, 1.807) is 6.92 Å². The first-order valence-corrected chi connectivity index (χ1v) is 5.99. The lowest BCUT2D eigenvalue weighted by molar-refractivity contribution is -0.110. The molecule has 0 unspecified atom stereocenters. The van der Waals surface area contributed by atoms with E-state index in [0.717, 1.165) is 12.1 Å². The molecule has 0 saturated heterocycles. The van der Waals surface area contributed by atoms with Crippen molar-refractivity contribution in [2.24, 2.45) is 0 Å². The minimum atomic E-state index is -5.68. The van der Waals surface area contributed by atoms with E-state index in [9.17, 15) is 30.4 Å². The number of rotatable bonds is 2. The molecule has 0 aliphatic heterocycles. The zero-order valence-electron chi connectivity index (χ0n) is 8.92. The first-order chi connectivity index (χ1) is 8.06. The maximum Gasteiger partial charge on any atom is 0.446 e. The second kappa shape index (κ2) is 4.68. The molecule has 1 aromatic carbocycles. The number of halogens is 5. The third-order valence-electron chi connectivity index (χ3n) is 1.99. The quantitative estimate of drug-likeness (QED) is 0.780. The summed E-state index contributed by atoms with van der Waals surface area (Å²) < 4.78 is 84.0. The molecule has 0 heterocycles. The van der Waals surface area contributed by atoms with Crippen molar-refractivity contribution < 1.29 is 30.4 Å². The molecule has 1 rings (SSSR count). The summed E-state index contributed by atoms with van der Waals surface area (Å²) in [6.45, 7) is 1.60. The van der Waals surface area contributed by atoms with Gasteiger partial charge in [-0.2, -0.15) is 22.0 Å². The molecule has 0 aliphatic rings. The molecule has 0 spiro atoms. The largest absolute Gasteiger partial charge is 0.446 e. The van der Waals surface area contributed by atoms with Crippen molar-refractivity contribution in [3.05, 3.63) is 40.8 Å². The Morgan fingerprint density at radius 3 is 1.89 bits per heavy atom. The van der Waals surface area contributed by atoms with Crippen LogP contribution in [-0.4, -0.2) is 14.6 Å². The Balaban J connectivity index is 3.36. The molecule has 0 fully saturated rings. The topological polar surface area (TPSA) is 34.1 Å². The van der Waals surface area contributed by atoms with Crippen molar-refractivity contribution in [1.82, 2.24) is 0 Å². The highest BCUT2D eigenvalue weighted by Crippen LogP contribution is 2.34. The van der Waals surface area contributed by atoms with Gasteiger partial charge in [-0.25, -0.2) is 8.42 Å². The Morgan fingerprint density at radius 1 is 1.06 bits per heavy atom. The van der Waals surface area contributed by atoms with Crippen LogP contribution < -0.4 is 0 Å². The van der Waals surface area contributed by atoms with E-state index in [1.807, 2.05) is 0 Å². The van der Waals surface area contributed by atoms with Crippen molar-refractivity contribution in [2.75, 3.05) is 0 Å². The number of aryl methyl sites for hydroxylation is 1. The fourth-order valence-electron chi connectivity index (χ4n) is 1.05. The first kappa shape index (κ1) is 14.6. The van der Waals surface area contributed by atoms with Crippen LogP contribution in [0.2, 0.25) is 0 Å². The van der Waals surface area contributed by atoms with E-state index in [2.05, 4.69) is 0 Å². The van der Waals surface area contributed by atoms with Crippen LogP contribution in [0.5, 0.6) is 0 Å². The predicted octanol–water partition coefficient (Wildman–Crippen LogP) is 3.44. The van der Waals surface area contributed by atoms with Crippen LogP contribution in [-0.2, 0) is 9.84 Å². The van der Waals surface area contributed by atoms with Gasteiger partial charge < -0.3 is 0 Å². The number of allylic oxidation sites excluding steroid dienone is 1. The van der Waals surface area contributed by atoms with Crippen molar-refractivity contribution in [1.29, 1.82) is 0 Å². The second-order valence-electron chi connectivity index (χ2n) is 3.40. The minimum Gasteiger partial charge on any atom is -0.216 e. The highest BCUT2D eigenvalue weighted by atomic mass is 32.2. The maximum absolute atomic E-state index is 13.1. The summed E-state index contributed by atoms with van der Waals surface area (Å²) in [4.78, 5) is -0.745. The predicted molar refractivity (Wildman–Crippen MR) is 53.7 cm³/mol. The van der Waals surface area contributed by atoms with Gasteiger partial charge in [-0.1, -0.05) is 17.7 Å². The molecular weight excluding hydrogens is 279 g/mol. The van der Waals surface area contributed by atoms with E-state index in [0.29, 0.717) is 5.56 Å². The number of alkyl halides is 3. The van der Waals surface area contributed by atoms with Crippen LogP contribution in [0, 0.1) is 6.92 Å². The van der Waals surface area contributed by atoms with Gasteiger partial charge in [-0.05, 0) is 19.1 Å². The molecule has 0 aliphatic carbocycles. The van der Waals surface area contributed by atoms with Crippen LogP contribution in [0.3, 0.4) is 0 Å². The lowest BCUT2D eigenvalue weighted by atomic mass is 10.2. The minimum absolute atomic E-state index is 0.620. The molecular formula is C10H7F5O2S. The molecule has 0 atom stereocenters. The fourth-order valence-corrected chi connectivity index (χ4v) is 2.10. The van der Waals surface area contributed by atoms with Crippen molar-refractivity contribution in [3.63, 3.8) is 0 Å². The van der Waals surface area contributed by atoms with Gasteiger partial charge in [0.25, 0.3) is 11.0 Å². The highest BCUT2D eigenvalue weighted by molar-refractivity contribution is 7.95. The summed E-state index contributed by atoms with van der Waals surface area (Å²) in [6, 6.07) is 4.30. The number of hydrogen-bond donors (Lipinski definition) is 0. The lowest BCUT2D eigenvalue weighted by Crippen LogP contribution is -2.14. The Morgan fingerprint density at radius 2 is 1.50 bits per heavy atom. The Labute approximate surface area is 99.7 Å². The molecule has 0 aromatic heterocycles. The fraction of sp³-hybridized carbons (Fsp3) is 0.200. The first-order valence-electron chi connectivity index (χ1n) is 4.51. The number of benzene rings is 1. The summed E-state index contributed by atoms with van der Waals surface area (Å²) in [6.07, 6.45) is -5.68. The zero-order valence-corrected chi connectivity index (χ0v) is 9.74. The summed E-state index contributed by atoms with van der Waals surface area (Å²) in [5.41, 5.74) is 0.620. The van der Waals surface area contributed by atoms with Gasteiger partial charge in [-0.15, -0.1) is 0 Å². The van der Waals surface area contributed by atoms with Crippen LogP contribution >= 0.6 is 0 Å². The molecule has 8 heteroatoms. The van der Waals surface area contributed by atoms with Gasteiger partial charge in [-0.3, -0.25) is 0 Å². The molecule has 0 amide bonds. The van der Waals surface area contributed by atoms with Crippen LogP contribution in [0.15, 0.2) is 40.1 Å². The van der Waals surface area contributed by atoms with Crippen molar-refractivity contribution in [2.45, 2.75) is 18.0 Å². The van der Waals surface area contributed by atoms with Crippen molar-refractivity contribution in [3.8, 4) is 0 Å². The van der Waals surface area contributed by atoms with Crippen LogP contribution in [0.25, 0.3) is 0 Å². The van der Waals surface area contributed by atoms with Gasteiger partial charge in [0.05, 0.1) is 4.90 Å².